The molecule has 29 heavy (non-hydrogen) atoms. The van der Waals surface area contributed by atoms with E-state index in [1.807, 2.05) is 74.6 Å². The number of carbonyl (C=O) groups excluding carboxylic acids is 1. The van der Waals surface area contributed by atoms with Gasteiger partial charge in [-0.25, -0.2) is 0 Å². The largest absolute Gasteiger partial charge is 0.334 e. The highest BCUT2D eigenvalue weighted by Gasteiger charge is 2.15. The van der Waals surface area contributed by atoms with Gasteiger partial charge in [-0.05, 0) is 73.5 Å². The number of amides is 1. The van der Waals surface area contributed by atoms with Gasteiger partial charge in [0.05, 0.1) is 0 Å². The predicted molar refractivity (Wildman–Crippen MR) is 115 cm³/mol. The summed E-state index contributed by atoms with van der Waals surface area (Å²) in [4.78, 5) is 17.0. The van der Waals surface area contributed by atoms with Gasteiger partial charge in [-0.2, -0.15) is 4.98 Å². The minimum atomic E-state index is -0.127. The molecule has 0 atom stereocenters. The molecule has 0 unspecified atom stereocenters. The summed E-state index contributed by atoms with van der Waals surface area (Å²) in [5.74, 6) is 0.741. The van der Waals surface area contributed by atoms with Crippen molar-refractivity contribution in [2.45, 2.75) is 20.4 Å². The zero-order valence-corrected chi connectivity index (χ0v) is 17.6. The molecule has 1 amide bonds. The lowest BCUT2D eigenvalue weighted by atomic mass is 10.1. The molecule has 0 saturated heterocycles. The normalized spacial score (nSPS) is 10.9. The van der Waals surface area contributed by atoms with E-state index in [0.717, 1.165) is 21.3 Å². The van der Waals surface area contributed by atoms with E-state index >= 15 is 0 Å². The highest BCUT2D eigenvalue weighted by molar-refractivity contribution is 9.10. The van der Waals surface area contributed by atoms with Crippen LogP contribution >= 0.6 is 15.9 Å². The monoisotopic (exact) mass is 450 g/mol. The van der Waals surface area contributed by atoms with Gasteiger partial charge in [0.1, 0.15) is 12.2 Å². The minimum Gasteiger partial charge on any atom is -0.334 e. The SMILES string of the molecule is Cc1ccc(NC(=O)Cn2cccc2-c2nc(-c3ccc(Br)cc3)no2)cc1C. The minimum absolute atomic E-state index is 0.127. The number of hydrogen-bond donors (Lipinski definition) is 1. The Kier molecular flexibility index (Phi) is 5.31. The molecule has 0 spiro atoms. The fourth-order valence-corrected chi connectivity index (χ4v) is 3.23. The molecular weight excluding hydrogens is 432 g/mol. The van der Waals surface area contributed by atoms with Crippen LogP contribution in [0.2, 0.25) is 0 Å². The van der Waals surface area contributed by atoms with Gasteiger partial charge in [0.2, 0.25) is 11.7 Å². The van der Waals surface area contributed by atoms with Crippen molar-refractivity contribution >= 4 is 27.5 Å². The Hall–Kier alpha value is -3.19. The molecule has 0 fully saturated rings. The third-order valence-electron chi connectivity index (χ3n) is 4.68. The van der Waals surface area contributed by atoms with Crippen LogP contribution in [0.25, 0.3) is 23.0 Å². The van der Waals surface area contributed by atoms with Crippen molar-refractivity contribution in [3.05, 3.63) is 76.4 Å². The van der Waals surface area contributed by atoms with Gasteiger partial charge in [-0.15, -0.1) is 0 Å². The summed E-state index contributed by atoms with van der Waals surface area (Å²) in [5.41, 5.74) is 4.65. The first-order valence-corrected chi connectivity index (χ1v) is 9.91. The first-order valence-electron chi connectivity index (χ1n) is 9.12. The van der Waals surface area contributed by atoms with E-state index in [4.69, 9.17) is 4.52 Å². The Morgan fingerprint density at radius 1 is 1.10 bits per heavy atom. The van der Waals surface area contributed by atoms with E-state index in [-0.39, 0.29) is 12.5 Å². The van der Waals surface area contributed by atoms with Gasteiger partial charge < -0.3 is 14.4 Å². The number of nitrogens with zero attached hydrogens (tertiary/aromatic N) is 3. The van der Waals surface area contributed by atoms with E-state index in [0.29, 0.717) is 17.4 Å². The fraction of sp³-hybridized carbons (Fsp3) is 0.136. The van der Waals surface area contributed by atoms with Gasteiger partial charge in [0, 0.05) is 21.9 Å². The Morgan fingerprint density at radius 2 is 1.90 bits per heavy atom. The number of nitrogens with one attached hydrogen (secondary N) is 1. The van der Waals surface area contributed by atoms with E-state index < -0.39 is 0 Å². The average molecular weight is 451 g/mol. The third kappa shape index (κ3) is 4.30. The van der Waals surface area contributed by atoms with Crippen molar-refractivity contribution in [1.29, 1.82) is 0 Å². The van der Waals surface area contributed by atoms with Gasteiger partial charge in [-0.3, -0.25) is 4.79 Å². The average Bonchev–Trinajstić information content (AvgIpc) is 3.34. The van der Waals surface area contributed by atoms with Crippen LogP contribution in [0.1, 0.15) is 11.1 Å². The topological polar surface area (TPSA) is 73.0 Å². The van der Waals surface area contributed by atoms with E-state index in [1.165, 1.54) is 5.56 Å². The van der Waals surface area contributed by atoms with Crippen LogP contribution in [0.4, 0.5) is 5.69 Å². The molecule has 0 aliphatic rings. The molecule has 1 N–H and O–H groups in total. The highest BCUT2D eigenvalue weighted by atomic mass is 79.9. The van der Waals surface area contributed by atoms with Crippen molar-refractivity contribution in [2.24, 2.45) is 0 Å². The second kappa shape index (κ2) is 8.05. The molecule has 2 heterocycles. The number of halogens is 1. The van der Waals surface area contributed by atoms with Crippen LogP contribution < -0.4 is 5.32 Å². The van der Waals surface area contributed by atoms with Gasteiger partial charge in [0.25, 0.3) is 5.89 Å². The molecule has 6 nitrogen and oxygen atoms in total. The van der Waals surface area contributed by atoms with Crippen molar-refractivity contribution in [3.63, 3.8) is 0 Å². The van der Waals surface area contributed by atoms with Crippen LogP contribution in [0.3, 0.4) is 0 Å². The molecule has 2 aromatic heterocycles. The second-order valence-corrected chi connectivity index (χ2v) is 7.71. The molecule has 0 radical (unpaired) electrons. The molecule has 2 aromatic carbocycles. The summed E-state index contributed by atoms with van der Waals surface area (Å²) in [6, 6.07) is 17.2. The molecule has 0 aliphatic carbocycles. The Labute approximate surface area is 176 Å². The molecule has 4 rings (SSSR count). The number of anilines is 1. The summed E-state index contributed by atoms with van der Waals surface area (Å²) in [5, 5.41) is 7.00. The number of hydrogen-bond acceptors (Lipinski definition) is 4. The number of rotatable bonds is 5. The summed E-state index contributed by atoms with van der Waals surface area (Å²) in [6.07, 6.45) is 1.82. The smallest absolute Gasteiger partial charge is 0.274 e. The lowest BCUT2D eigenvalue weighted by Crippen LogP contribution is -2.18. The molecule has 0 bridgehead atoms. The quantitative estimate of drug-likeness (QED) is 0.452. The van der Waals surface area contributed by atoms with Gasteiger partial charge in [0.15, 0.2) is 0 Å². The number of aromatic nitrogens is 3. The number of aryl methyl sites for hydroxylation is 2. The molecule has 7 heteroatoms. The molecule has 0 saturated carbocycles. The summed E-state index contributed by atoms with van der Waals surface area (Å²) in [7, 11) is 0. The standard InChI is InChI=1S/C22H19BrN4O2/c1-14-5-10-18(12-15(14)2)24-20(28)13-27-11-3-4-19(27)22-25-21(26-29-22)16-6-8-17(23)9-7-16/h3-12H,13H2,1-2H3,(H,24,28). The third-order valence-corrected chi connectivity index (χ3v) is 5.21. The number of benzene rings is 2. The molecule has 146 valence electrons. The second-order valence-electron chi connectivity index (χ2n) is 6.80. The first-order chi connectivity index (χ1) is 14.0. The van der Waals surface area contributed by atoms with Crippen LogP contribution in [-0.4, -0.2) is 20.6 Å². The number of carbonyl (C=O) groups is 1. The van der Waals surface area contributed by atoms with Crippen molar-refractivity contribution in [3.8, 4) is 23.0 Å². The highest BCUT2D eigenvalue weighted by Crippen LogP contribution is 2.24. The van der Waals surface area contributed by atoms with Crippen LogP contribution in [-0.2, 0) is 11.3 Å². The summed E-state index contributed by atoms with van der Waals surface area (Å²) < 4.78 is 8.20. The van der Waals surface area contributed by atoms with Gasteiger partial charge >= 0.3 is 0 Å². The van der Waals surface area contributed by atoms with Crippen LogP contribution in [0.5, 0.6) is 0 Å². The maximum Gasteiger partial charge on any atom is 0.274 e. The van der Waals surface area contributed by atoms with Crippen molar-refractivity contribution in [2.75, 3.05) is 5.32 Å². The zero-order valence-electron chi connectivity index (χ0n) is 16.0. The molecular formula is C22H19BrN4O2. The summed E-state index contributed by atoms with van der Waals surface area (Å²) in [6.45, 7) is 4.21. The Bertz CT molecular complexity index is 1160. The molecule has 4 aromatic rings. The zero-order chi connectivity index (χ0) is 20.4. The van der Waals surface area contributed by atoms with Crippen molar-refractivity contribution in [1.82, 2.24) is 14.7 Å². The summed E-state index contributed by atoms with van der Waals surface area (Å²) >= 11 is 3.41. The van der Waals surface area contributed by atoms with E-state index in [1.54, 1.807) is 4.57 Å². The van der Waals surface area contributed by atoms with E-state index in [9.17, 15) is 4.79 Å². The molecule has 0 aliphatic heterocycles. The van der Waals surface area contributed by atoms with Crippen LogP contribution in [0.15, 0.2) is 69.8 Å². The lowest BCUT2D eigenvalue weighted by molar-refractivity contribution is -0.116. The van der Waals surface area contributed by atoms with E-state index in [2.05, 4.69) is 31.4 Å². The van der Waals surface area contributed by atoms with Crippen LogP contribution in [0, 0.1) is 13.8 Å². The predicted octanol–water partition coefficient (Wildman–Crippen LogP) is 5.22. The maximum absolute atomic E-state index is 12.5. The fourth-order valence-electron chi connectivity index (χ4n) is 2.96. The van der Waals surface area contributed by atoms with Crippen molar-refractivity contribution < 1.29 is 9.32 Å². The Balaban J connectivity index is 1.50. The Morgan fingerprint density at radius 3 is 2.66 bits per heavy atom. The first kappa shape index (κ1) is 19.1. The maximum atomic E-state index is 12.5. The van der Waals surface area contributed by atoms with Gasteiger partial charge in [-0.1, -0.05) is 27.2 Å². The lowest BCUT2D eigenvalue weighted by Gasteiger charge is -2.09.